The van der Waals surface area contributed by atoms with Gasteiger partial charge in [0.2, 0.25) is 11.8 Å². The zero-order valence-corrected chi connectivity index (χ0v) is 13.0. The highest BCUT2D eigenvalue weighted by atomic mass is 16.5. The summed E-state index contributed by atoms with van der Waals surface area (Å²) in [7, 11) is 1.57. The summed E-state index contributed by atoms with van der Waals surface area (Å²) in [5.74, 6) is 1.42. The number of anilines is 2. The van der Waals surface area contributed by atoms with Gasteiger partial charge < -0.3 is 20.7 Å². The largest absolute Gasteiger partial charge is 0.481 e. The molecule has 6 heteroatoms. The van der Waals surface area contributed by atoms with Crippen LogP contribution in [-0.2, 0) is 0 Å². The van der Waals surface area contributed by atoms with Crippen LogP contribution in [0.2, 0.25) is 0 Å². The lowest BCUT2D eigenvalue weighted by atomic mass is 10.1. The summed E-state index contributed by atoms with van der Waals surface area (Å²) in [6.45, 7) is 9.89. The Morgan fingerprint density at radius 1 is 1.35 bits per heavy atom. The number of aromatic nitrogens is 2. The van der Waals surface area contributed by atoms with Crippen molar-refractivity contribution in [3.63, 3.8) is 0 Å². The molecule has 0 amide bonds. The minimum absolute atomic E-state index is 0.224. The quantitative estimate of drug-likeness (QED) is 0.721. The molecule has 0 fully saturated rings. The molecule has 0 aliphatic carbocycles. The molecule has 3 N–H and O–H groups in total. The van der Waals surface area contributed by atoms with Crippen LogP contribution in [0.3, 0.4) is 0 Å². The van der Waals surface area contributed by atoms with Crippen molar-refractivity contribution in [2.45, 2.75) is 39.7 Å². The zero-order chi connectivity index (χ0) is 15.0. The molecule has 20 heavy (non-hydrogen) atoms. The summed E-state index contributed by atoms with van der Waals surface area (Å²) in [4.78, 5) is 10.6. The Labute approximate surface area is 121 Å². The van der Waals surface area contributed by atoms with E-state index < -0.39 is 0 Å². The Bertz CT molecular complexity index is 395. The average molecular weight is 281 g/mol. The highest BCUT2D eigenvalue weighted by Crippen LogP contribution is 2.15. The minimum atomic E-state index is 0.224. The molecule has 1 aromatic heterocycles. The fourth-order valence-electron chi connectivity index (χ4n) is 2.11. The molecular formula is C14H27N5O. The van der Waals surface area contributed by atoms with Gasteiger partial charge in [0.1, 0.15) is 5.82 Å². The molecule has 0 spiro atoms. The van der Waals surface area contributed by atoms with Gasteiger partial charge >= 0.3 is 0 Å². The third-order valence-corrected chi connectivity index (χ3v) is 3.33. The lowest BCUT2D eigenvalue weighted by Crippen LogP contribution is -2.25. The van der Waals surface area contributed by atoms with E-state index in [-0.39, 0.29) is 5.95 Å². The van der Waals surface area contributed by atoms with E-state index in [1.54, 1.807) is 13.2 Å². The Kier molecular flexibility index (Phi) is 7.08. The number of nitrogens with two attached hydrogens (primary N) is 1. The van der Waals surface area contributed by atoms with Crippen molar-refractivity contribution in [1.82, 2.24) is 14.9 Å². The van der Waals surface area contributed by atoms with Crippen LogP contribution in [0.1, 0.15) is 33.6 Å². The molecular weight excluding hydrogens is 254 g/mol. The first kappa shape index (κ1) is 16.5. The maximum absolute atomic E-state index is 5.64. The van der Waals surface area contributed by atoms with Gasteiger partial charge in [-0.05, 0) is 39.4 Å². The zero-order valence-electron chi connectivity index (χ0n) is 13.0. The van der Waals surface area contributed by atoms with E-state index in [0.29, 0.717) is 17.7 Å². The first-order valence-electron chi connectivity index (χ1n) is 7.26. The van der Waals surface area contributed by atoms with Gasteiger partial charge in [0.05, 0.1) is 7.11 Å². The summed E-state index contributed by atoms with van der Waals surface area (Å²) in [6, 6.07) is 2.10. The Morgan fingerprint density at radius 2 is 2.05 bits per heavy atom. The van der Waals surface area contributed by atoms with E-state index in [2.05, 4.69) is 41.0 Å². The Hall–Kier alpha value is -1.56. The summed E-state index contributed by atoms with van der Waals surface area (Å²) < 4.78 is 5.08. The van der Waals surface area contributed by atoms with Crippen molar-refractivity contribution in [3.05, 3.63) is 6.07 Å². The molecule has 0 saturated heterocycles. The highest BCUT2D eigenvalue weighted by Gasteiger charge is 2.07. The van der Waals surface area contributed by atoms with Crippen LogP contribution < -0.4 is 15.8 Å². The fourth-order valence-corrected chi connectivity index (χ4v) is 2.11. The van der Waals surface area contributed by atoms with Crippen molar-refractivity contribution < 1.29 is 4.74 Å². The van der Waals surface area contributed by atoms with E-state index in [1.165, 1.54) is 0 Å². The molecule has 0 aliphatic rings. The number of ether oxygens (including phenoxy) is 1. The van der Waals surface area contributed by atoms with Gasteiger partial charge in [-0.25, -0.2) is 0 Å². The topological polar surface area (TPSA) is 76.3 Å². The summed E-state index contributed by atoms with van der Waals surface area (Å²) in [6.07, 6.45) is 2.25. The third-order valence-electron chi connectivity index (χ3n) is 3.33. The number of nitrogens with zero attached hydrogens (tertiary/aromatic N) is 3. The van der Waals surface area contributed by atoms with E-state index in [9.17, 15) is 0 Å². The predicted molar refractivity (Wildman–Crippen MR) is 83.1 cm³/mol. The van der Waals surface area contributed by atoms with Gasteiger partial charge in [-0.3, -0.25) is 0 Å². The monoisotopic (exact) mass is 281 g/mol. The number of rotatable bonds is 9. The lowest BCUT2D eigenvalue weighted by molar-refractivity contribution is 0.295. The van der Waals surface area contributed by atoms with E-state index in [4.69, 9.17) is 10.5 Å². The molecule has 0 bridgehead atoms. The number of nitrogens with one attached hydrogen (secondary N) is 1. The second kappa shape index (κ2) is 8.58. The molecule has 1 aromatic rings. The smallest absolute Gasteiger partial charge is 0.225 e. The molecule has 1 heterocycles. The molecule has 0 saturated carbocycles. The second-order valence-corrected chi connectivity index (χ2v) is 4.87. The molecule has 0 aromatic carbocycles. The van der Waals surface area contributed by atoms with E-state index >= 15 is 0 Å². The van der Waals surface area contributed by atoms with Gasteiger partial charge in [-0.2, -0.15) is 9.97 Å². The lowest BCUT2D eigenvalue weighted by Gasteiger charge is -2.20. The molecule has 0 aliphatic heterocycles. The molecule has 1 rings (SSSR count). The van der Waals surface area contributed by atoms with E-state index in [0.717, 1.165) is 32.5 Å². The normalized spacial score (nSPS) is 12.4. The van der Waals surface area contributed by atoms with Crippen LogP contribution >= 0.6 is 0 Å². The van der Waals surface area contributed by atoms with Gasteiger partial charge in [-0.1, -0.05) is 13.8 Å². The van der Waals surface area contributed by atoms with Crippen molar-refractivity contribution in [2.75, 3.05) is 37.8 Å². The van der Waals surface area contributed by atoms with Crippen LogP contribution in [0.4, 0.5) is 11.8 Å². The van der Waals surface area contributed by atoms with E-state index in [1.807, 2.05) is 0 Å². The molecule has 114 valence electrons. The van der Waals surface area contributed by atoms with Crippen molar-refractivity contribution in [2.24, 2.45) is 0 Å². The van der Waals surface area contributed by atoms with Crippen LogP contribution in [0.5, 0.6) is 5.88 Å². The van der Waals surface area contributed by atoms with Gasteiger partial charge in [0.15, 0.2) is 0 Å². The maximum Gasteiger partial charge on any atom is 0.225 e. The summed E-state index contributed by atoms with van der Waals surface area (Å²) >= 11 is 0. The summed E-state index contributed by atoms with van der Waals surface area (Å²) in [5, 5.41) is 3.34. The van der Waals surface area contributed by atoms with Crippen molar-refractivity contribution in [3.8, 4) is 5.88 Å². The second-order valence-electron chi connectivity index (χ2n) is 4.87. The molecule has 1 atom stereocenters. The molecule has 6 nitrogen and oxygen atoms in total. The standard InChI is InChI=1S/C14H27N5O/c1-5-19(6-2)9-7-8-11(3)16-12-10-13(20-4)18-14(15)17-12/h10-11H,5-9H2,1-4H3,(H3,15,16,17,18). The summed E-state index contributed by atoms with van der Waals surface area (Å²) in [5.41, 5.74) is 5.64. The number of hydrogen-bond donors (Lipinski definition) is 2. The van der Waals surface area contributed by atoms with Crippen molar-refractivity contribution in [1.29, 1.82) is 0 Å². The van der Waals surface area contributed by atoms with Crippen LogP contribution in [0, 0.1) is 0 Å². The fraction of sp³-hybridized carbons (Fsp3) is 0.714. The van der Waals surface area contributed by atoms with Gasteiger partial charge in [-0.15, -0.1) is 0 Å². The van der Waals surface area contributed by atoms with Crippen molar-refractivity contribution >= 4 is 11.8 Å². The van der Waals surface area contributed by atoms with Gasteiger partial charge in [0.25, 0.3) is 0 Å². The average Bonchev–Trinajstić information content (AvgIpc) is 2.42. The SMILES string of the molecule is CCN(CC)CCCC(C)Nc1cc(OC)nc(N)n1. The maximum atomic E-state index is 5.64. The molecule has 1 unspecified atom stereocenters. The van der Waals surface area contributed by atoms with Gasteiger partial charge in [0, 0.05) is 12.1 Å². The number of hydrogen-bond acceptors (Lipinski definition) is 6. The highest BCUT2D eigenvalue weighted by molar-refractivity contribution is 5.43. The first-order valence-corrected chi connectivity index (χ1v) is 7.26. The van der Waals surface area contributed by atoms with Crippen LogP contribution in [-0.4, -0.2) is 47.7 Å². The number of methoxy groups -OCH3 is 1. The predicted octanol–water partition coefficient (Wildman–Crippen LogP) is 1.99. The minimum Gasteiger partial charge on any atom is -0.481 e. The third kappa shape index (κ3) is 5.61. The number of nitrogen functional groups attached to an aromatic ring is 1. The molecule has 0 radical (unpaired) electrons. The Morgan fingerprint density at radius 3 is 2.65 bits per heavy atom. The Balaban J connectivity index is 2.42. The van der Waals surface area contributed by atoms with Crippen LogP contribution in [0.25, 0.3) is 0 Å². The first-order chi connectivity index (χ1) is 9.58. The van der Waals surface area contributed by atoms with Crippen LogP contribution in [0.15, 0.2) is 6.07 Å².